The van der Waals surface area contributed by atoms with E-state index in [-0.39, 0.29) is 42.8 Å². The fraction of sp³-hybridized carbons (Fsp3) is 0.632. The highest BCUT2D eigenvalue weighted by Crippen LogP contribution is 2.47. The number of amides is 2. The summed E-state index contributed by atoms with van der Waals surface area (Å²) in [7, 11) is 5.02. The van der Waals surface area contributed by atoms with Crippen LogP contribution in [0.1, 0.15) is 80.4 Å². The Morgan fingerprint density at radius 3 is 2.22 bits per heavy atom. The number of carbonyl (C=O) groups is 2. The van der Waals surface area contributed by atoms with E-state index in [1.54, 1.807) is 37.1 Å². The van der Waals surface area contributed by atoms with Gasteiger partial charge in [0.15, 0.2) is 0 Å². The molecule has 0 bridgehead atoms. The van der Waals surface area contributed by atoms with Crippen molar-refractivity contribution in [1.82, 2.24) is 14.7 Å². The lowest BCUT2D eigenvalue weighted by atomic mass is 9.84. The van der Waals surface area contributed by atoms with Gasteiger partial charge in [-0.1, -0.05) is 44.4 Å². The Morgan fingerprint density at radius 1 is 0.959 bits per heavy atom. The number of anilines is 1. The lowest BCUT2D eigenvalue weighted by molar-refractivity contribution is -0.143. The molecule has 1 aliphatic carbocycles. The number of methoxy groups -OCH3 is 1. The van der Waals surface area contributed by atoms with Crippen molar-refractivity contribution >= 4 is 17.5 Å². The van der Waals surface area contributed by atoms with Crippen molar-refractivity contribution in [2.45, 2.75) is 81.6 Å². The first-order valence-electron chi connectivity index (χ1n) is 17.9. The molecule has 2 amide bonds. The molecular weight excluding hydrogens is 636 g/mol. The molecule has 49 heavy (non-hydrogen) atoms. The van der Waals surface area contributed by atoms with Gasteiger partial charge in [-0.15, -0.1) is 0 Å². The van der Waals surface area contributed by atoms with Crippen molar-refractivity contribution < 1.29 is 31.9 Å². The molecule has 6 rings (SSSR count). The summed E-state index contributed by atoms with van der Waals surface area (Å²) in [5.74, 6) is -0.918. The van der Waals surface area contributed by atoms with Crippen LogP contribution in [0.3, 0.4) is 0 Å². The molecule has 3 aliphatic heterocycles. The first kappa shape index (κ1) is 35.5. The summed E-state index contributed by atoms with van der Waals surface area (Å²) >= 11 is 0. The van der Waals surface area contributed by atoms with E-state index in [0.29, 0.717) is 56.9 Å². The Kier molecular flexibility index (Phi) is 10.2. The molecule has 7 nitrogen and oxygen atoms in total. The SMILES string of the molecule is CC[C@H]1CN(C(=O)[C@]2(F)CN(C3CCCC3)C[C@H]2c2ccc(OC)cc2)C[C@@H]1c1ccc(C(F)(F)F)cc1N1CCC(C(=O)N(C)C)CC1. The third kappa shape index (κ3) is 7.01. The Morgan fingerprint density at radius 2 is 1.63 bits per heavy atom. The molecule has 0 N–H and O–H groups in total. The van der Waals surface area contributed by atoms with E-state index in [2.05, 4.69) is 4.90 Å². The lowest BCUT2D eigenvalue weighted by Crippen LogP contribution is -2.50. The number of rotatable bonds is 8. The number of benzene rings is 2. The zero-order valence-corrected chi connectivity index (χ0v) is 29.1. The molecular formula is C38H50F4N4O3. The third-order valence-electron chi connectivity index (χ3n) is 11.8. The van der Waals surface area contributed by atoms with Crippen molar-refractivity contribution in [1.29, 1.82) is 0 Å². The van der Waals surface area contributed by atoms with Crippen molar-refractivity contribution in [2.24, 2.45) is 11.8 Å². The first-order chi connectivity index (χ1) is 23.3. The number of hydrogen-bond acceptors (Lipinski definition) is 5. The van der Waals surface area contributed by atoms with Gasteiger partial charge in [-0.3, -0.25) is 14.5 Å². The topological polar surface area (TPSA) is 56.3 Å². The van der Waals surface area contributed by atoms with Crippen LogP contribution in [-0.4, -0.2) is 98.7 Å². The maximum atomic E-state index is 17.6. The fourth-order valence-corrected chi connectivity index (χ4v) is 8.93. The lowest BCUT2D eigenvalue weighted by Gasteiger charge is -2.36. The molecule has 4 aliphatic rings. The van der Waals surface area contributed by atoms with Gasteiger partial charge in [0, 0.05) is 82.8 Å². The van der Waals surface area contributed by atoms with E-state index in [0.717, 1.165) is 42.9 Å². The zero-order chi connectivity index (χ0) is 35.1. The van der Waals surface area contributed by atoms with Crippen molar-refractivity contribution in [3.05, 3.63) is 59.2 Å². The second kappa shape index (κ2) is 14.1. The Labute approximate surface area is 287 Å². The molecule has 268 valence electrons. The Hall–Kier alpha value is -3.34. The quantitative estimate of drug-likeness (QED) is 0.289. The average molecular weight is 687 g/mol. The van der Waals surface area contributed by atoms with E-state index in [4.69, 9.17) is 4.74 Å². The monoisotopic (exact) mass is 686 g/mol. The van der Waals surface area contributed by atoms with Crippen LogP contribution in [0.4, 0.5) is 23.2 Å². The molecule has 3 heterocycles. The average Bonchev–Trinajstić information content (AvgIpc) is 3.87. The summed E-state index contributed by atoms with van der Waals surface area (Å²) in [6.45, 7) is 4.04. The number of carbonyl (C=O) groups excluding carboxylic acids is 2. The largest absolute Gasteiger partial charge is 0.497 e. The van der Waals surface area contributed by atoms with Gasteiger partial charge in [-0.25, -0.2) is 4.39 Å². The van der Waals surface area contributed by atoms with Gasteiger partial charge in [-0.05, 0) is 67.0 Å². The maximum absolute atomic E-state index is 17.6. The van der Waals surface area contributed by atoms with Gasteiger partial charge in [0.05, 0.1) is 12.7 Å². The van der Waals surface area contributed by atoms with E-state index >= 15 is 4.39 Å². The smallest absolute Gasteiger partial charge is 0.416 e. The molecule has 0 aromatic heterocycles. The van der Waals surface area contributed by atoms with Gasteiger partial charge >= 0.3 is 6.18 Å². The highest BCUT2D eigenvalue weighted by atomic mass is 19.4. The van der Waals surface area contributed by atoms with Crippen LogP contribution in [0, 0.1) is 11.8 Å². The molecule has 11 heteroatoms. The minimum atomic E-state index is -4.51. The summed E-state index contributed by atoms with van der Waals surface area (Å²) in [4.78, 5) is 34.5. The number of nitrogens with zero attached hydrogens (tertiary/aromatic N) is 4. The Bertz CT molecular complexity index is 1490. The van der Waals surface area contributed by atoms with E-state index in [9.17, 15) is 22.8 Å². The molecule has 0 radical (unpaired) electrons. The van der Waals surface area contributed by atoms with Gasteiger partial charge in [-0.2, -0.15) is 13.2 Å². The summed E-state index contributed by atoms with van der Waals surface area (Å²) < 4.78 is 65.0. The van der Waals surface area contributed by atoms with Crippen molar-refractivity contribution in [3.8, 4) is 5.75 Å². The van der Waals surface area contributed by atoms with Gasteiger partial charge < -0.3 is 19.4 Å². The Balaban J connectivity index is 1.29. The van der Waals surface area contributed by atoms with Crippen LogP contribution in [0.2, 0.25) is 0 Å². The van der Waals surface area contributed by atoms with Crippen LogP contribution < -0.4 is 9.64 Å². The number of likely N-dealkylation sites (tertiary alicyclic amines) is 2. The van der Waals surface area contributed by atoms with Crippen LogP contribution >= 0.6 is 0 Å². The second-order valence-electron chi connectivity index (χ2n) is 14.8. The second-order valence-corrected chi connectivity index (χ2v) is 14.8. The predicted octanol–water partition coefficient (Wildman–Crippen LogP) is 6.72. The van der Waals surface area contributed by atoms with Crippen LogP contribution in [0.15, 0.2) is 42.5 Å². The third-order valence-corrected chi connectivity index (χ3v) is 11.8. The number of alkyl halides is 4. The molecule has 1 saturated carbocycles. The van der Waals surface area contributed by atoms with Gasteiger partial charge in [0.1, 0.15) is 5.75 Å². The summed E-state index contributed by atoms with van der Waals surface area (Å²) in [6, 6.07) is 11.5. The van der Waals surface area contributed by atoms with Crippen molar-refractivity contribution in [2.75, 3.05) is 65.4 Å². The summed E-state index contributed by atoms with van der Waals surface area (Å²) in [6.07, 6.45) is 1.49. The molecule has 0 unspecified atom stereocenters. The minimum absolute atomic E-state index is 0.0337. The maximum Gasteiger partial charge on any atom is 0.416 e. The summed E-state index contributed by atoms with van der Waals surface area (Å²) in [5, 5.41) is 0. The molecule has 2 aromatic rings. The normalized spacial score (nSPS) is 27.2. The first-order valence-corrected chi connectivity index (χ1v) is 17.9. The van der Waals surface area contributed by atoms with Gasteiger partial charge in [0.25, 0.3) is 5.91 Å². The van der Waals surface area contributed by atoms with E-state index in [1.165, 1.54) is 6.07 Å². The highest BCUT2D eigenvalue weighted by Gasteiger charge is 2.57. The molecule has 0 spiro atoms. The van der Waals surface area contributed by atoms with Gasteiger partial charge in [0.2, 0.25) is 11.6 Å². The van der Waals surface area contributed by atoms with E-state index in [1.807, 2.05) is 36.1 Å². The van der Waals surface area contributed by atoms with Crippen molar-refractivity contribution in [3.63, 3.8) is 0 Å². The highest BCUT2D eigenvalue weighted by molar-refractivity contribution is 5.88. The van der Waals surface area contributed by atoms with Crippen LogP contribution in [0.5, 0.6) is 5.75 Å². The molecule has 3 saturated heterocycles. The van der Waals surface area contributed by atoms with Crippen LogP contribution in [0.25, 0.3) is 0 Å². The zero-order valence-electron chi connectivity index (χ0n) is 29.1. The molecule has 4 fully saturated rings. The fourth-order valence-electron chi connectivity index (χ4n) is 8.93. The number of hydrogen-bond donors (Lipinski definition) is 0. The number of ether oxygens (including phenoxy) is 1. The minimum Gasteiger partial charge on any atom is -0.497 e. The van der Waals surface area contributed by atoms with E-state index < -0.39 is 29.2 Å². The standard InChI is InChI=1S/C38H50F4N4O3/c1-5-25-21-45(36(48)37(39)24-46(29-8-6-7-9-29)23-33(37)26-10-13-30(49-4)14-11-26)22-32(25)31-15-12-28(38(40,41)42)20-34(31)44-18-16-27(17-19-44)35(47)43(2)3/h10-15,20,25,27,29,32-33H,5-9,16-19,21-24H2,1-4H3/t25-,32-,33-,37-/m0/s1. The molecule has 4 atom stereocenters. The van der Waals surface area contributed by atoms with Crippen LogP contribution in [-0.2, 0) is 15.8 Å². The molecule has 2 aromatic carbocycles. The number of halogens is 4. The predicted molar refractivity (Wildman–Crippen MR) is 182 cm³/mol. The summed E-state index contributed by atoms with van der Waals surface area (Å²) in [5.41, 5.74) is -0.830. The number of piperidine rings is 1.